The number of amides is 1. The van der Waals surface area contributed by atoms with Crippen LogP contribution in [0.3, 0.4) is 0 Å². The molecule has 8 heteroatoms. The van der Waals surface area contributed by atoms with Gasteiger partial charge in [-0.1, -0.05) is 64.5 Å². The van der Waals surface area contributed by atoms with Gasteiger partial charge < -0.3 is 0 Å². The molecule has 0 aliphatic rings. The summed E-state index contributed by atoms with van der Waals surface area (Å²) in [6.45, 7) is 4.15. The molecule has 1 aromatic carbocycles. The monoisotopic (exact) mass is 391 g/mol. The van der Waals surface area contributed by atoms with Crippen molar-refractivity contribution in [3.63, 3.8) is 0 Å². The van der Waals surface area contributed by atoms with Crippen molar-refractivity contribution >= 4 is 61.7 Å². The number of carbonyl (C=O) groups is 1. The van der Waals surface area contributed by atoms with Crippen LogP contribution in [-0.4, -0.2) is 21.4 Å². The molecular weight excluding hydrogens is 382 g/mol. The Bertz CT molecular complexity index is 633. The highest BCUT2D eigenvalue weighted by Gasteiger charge is 2.14. The summed E-state index contributed by atoms with van der Waals surface area (Å²) < 4.78 is 1.62. The van der Waals surface area contributed by atoms with E-state index in [9.17, 15) is 4.79 Å². The third-order valence-corrected chi connectivity index (χ3v) is 4.89. The summed E-state index contributed by atoms with van der Waals surface area (Å²) in [6, 6.07) is 5.12. The van der Waals surface area contributed by atoms with Gasteiger partial charge in [0.1, 0.15) is 0 Å². The molecule has 4 nitrogen and oxygen atoms in total. The maximum Gasteiger partial charge on any atom is 0.259 e. The number of aromatic nitrogens is 2. The zero-order chi connectivity index (χ0) is 14.7. The summed E-state index contributed by atoms with van der Waals surface area (Å²) >= 11 is 12.3. The van der Waals surface area contributed by atoms with Crippen LogP contribution in [0.5, 0.6) is 0 Å². The highest BCUT2D eigenvalue weighted by atomic mass is 79.9. The van der Waals surface area contributed by atoms with Crippen LogP contribution >= 0.6 is 50.6 Å². The molecule has 0 radical (unpaired) electrons. The van der Waals surface area contributed by atoms with E-state index in [0.29, 0.717) is 21.0 Å². The second kappa shape index (κ2) is 6.89. The van der Waals surface area contributed by atoms with Crippen LogP contribution in [0.25, 0.3) is 0 Å². The lowest BCUT2D eigenvalue weighted by atomic mass is 10.2. The van der Waals surface area contributed by atoms with E-state index in [1.165, 1.54) is 11.3 Å². The number of thioether (sulfide) groups is 1. The fourth-order valence-electron chi connectivity index (χ4n) is 1.35. The Kier molecular flexibility index (Phi) is 5.42. The van der Waals surface area contributed by atoms with Crippen LogP contribution in [0.4, 0.5) is 5.13 Å². The van der Waals surface area contributed by atoms with Gasteiger partial charge in [-0.2, -0.15) is 0 Å². The van der Waals surface area contributed by atoms with Gasteiger partial charge in [0.25, 0.3) is 5.91 Å². The standard InChI is InChI=1S/C12H11BrClN3OS2/c1-6(2)19-12-17-16-11(20-12)15-10(18)8-5-7(13)3-4-9(8)14/h3-6H,1-2H3,(H,15,16,18). The van der Waals surface area contributed by atoms with E-state index in [2.05, 4.69) is 45.3 Å². The summed E-state index contributed by atoms with van der Waals surface area (Å²) in [5.41, 5.74) is 0.398. The van der Waals surface area contributed by atoms with Crippen molar-refractivity contribution in [2.45, 2.75) is 23.4 Å². The molecule has 20 heavy (non-hydrogen) atoms. The first-order chi connectivity index (χ1) is 9.45. The van der Waals surface area contributed by atoms with Crippen LogP contribution in [-0.2, 0) is 0 Å². The summed E-state index contributed by atoms with van der Waals surface area (Å²) in [5, 5.41) is 12.0. The first kappa shape index (κ1) is 15.8. The van der Waals surface area contributed by atoms with Crippen molar-refractivity contribution in [2.24, 2.45) is 0 Å². The Hall–Kier alpha value is -0.630. The smallest absolute Gasteiger partial charge is 0.259 e. The predicted octanol–water partition coefficient (Wildman–Crippen LogP) is 4.71. The van der Waals surface area contributed by atoms with E-state index in [1.807, 2.05) is 0 Å². The number of rotatable bonds is 4. The van der Waals surface area contributed by atoms with Gasteiger partial charge in [0.15, 0.2) is 4.34 Å². The first-order valence-electron chi connectivity index (χ1n) is 5.72. The van der Waals surface area contributed by atoms with Gasteiger partial charge in [0.05, 0.1) is 10.6 Å². The van der Waals surface area contributed by atoms with Gasteiger partial charge in [0, 0.05) is 9.72 Å². The molecule has 1 amide bonds. The van der Waals surface area contributed by atoms with Crippen molar-refractivity contribution in [3.05, 3.63) is 33.3 Å². The van der Waals surface area contributed by atoms with E-state index in [4.69, 9.17) is 11.6 Å². The van der Waals surface area contributed by atoms with Crippen LogP contribution in [0.15, 0.2) is 27.0 Å². The fraction of sp³-hybridized carbons (Fsp3) is 0.250. The van der Waals surface area contributed by atoms with Gasteiger partial charge >= 0.3 is 0 Å². The SMILES string of the molecule is CC(C)Sc1nnc(NC(=O)c2cc(Br)ccc2Cl)s1. The Morgan fingerprint density at radius 1 is 1.45 bits per heavy atom. The molecule has 0 fully saturated rings. The number of hydrogen-bond donors (Lipinski definition) is 1. The van der Waals surface area contributed by atoms with Gasteiger partial charge in [-0.05, 0) is 18.2 Å². The Labute approximate surface area is 138 Å². The topological polar surface area (TPSA) is 54.9 Å². The van der Waals surface area contributed by atoms with Crippen LogP contribution in [0.2, 0.25) is 5.02 Å². The molecule has 1 aromatic heterocycles. The zero-order valence-corrected chi connectivity index (χ0v) is 14.7. The van der Waals surface area contributed by atoms with Crippen molar-refractivity contribution in [1.29, 1.82) is 0 Å². The van der Waals surface area contributed by atoms with Crippen LogP contribution < -0.4 is 5.32 Å². The highest BCUT2D eigenvalue weighted by Crippen LogP contribution is 2.29. The van der Waals surface area contributed by atoms with Crippen molar-refractivity contribution in [1.82, 2.24) is 10.2 Å². The minimum Gasteiger partial charge on any atom is -0.296 e. The summed E-state index contributed by atoms with van der Waals surface area (Å²) in [7, 11) is 0. The normalized spacial score (nSPS) is 10.8. The third kappa shape index (κ3) is 4.18. The molecule has 1 heterocycles. The Balaban J connectivity index is 2.11. The quantitative estimate of drug-likeness (QED) is 0.605. The maximum atomic E-state index is 12.1. The fourth-order valence-corrected chi connectivity index (χ4v) is 3.88. The molecular formula is C12H11BrClN3OS2. The average molecular weight is 393 g/mol. The van der Waals surface area contributed by atoms with Gasteiger partial charge in [-0.25, -0.2) is 0 Å². The molecule has 0 saturated heterocycles. The molecule has 0 saturated carbocycles. The first-order valence-corrected chi connectivity index (χ1v) is 8.59. The highest BCUT2D eigenvalue weighted by molar-refractivity contribution is 9.10. The molecule has 0 unspecified atom stereocenters. The summed E-state index contributed by atoms with van der Waals surface area (Å²) in [5.74, 6) is -0.298. The van der Waals surface area contributed by atoms with E-state index >= 15 is 0 Å². The molecule has 0 aliphatic heterocycles. The van der Waals surface area contributed by atoms with Crippen LogP contribution in [0, 0.1) is 0 Å². The van der Waals surface area contributed by atoms with Crippen molar-refractivity contribution in [3.8, 4) is 0 Å². The molecule has 0 spiro atoms. The van der Waals surface area contributed by atoms with Gasteiger partial charge in [-0.15, -0.1) is 10.2 Å². The number of benzene rings is 1. The number of nitrogens with zero attached hydrogens (tertiary/aromatic N) is 2. The van der Waals surface area contributed by atoms with E-state index in [-0.39, 0.29) is 5.91 Å². The largest absolute Gasteiger partial charge is 0.296 e. The number of nitrogens with one attached hydrogen (secondary N) is 1. The summed E-state index contributed by atoms with van der Waals surface area (Å²) in [6.07, 6.45) is 0. The molecule has 0 aliphatic carbocycles. The zero-order valence-electron chi connectivity index (χ0n) is 10.7. The molecule has 1 N–H and O–H groups in total. The lowest BCUT2D eigenvalue weighted by molar-refractivity contribution is 0.102. The van der Waals surface area contributed by atoms with Crippen molar-refractivity contribution in [2.75, 3.05) is 5.32 Å². The molecule has 106 valence electrons. The number of carbonyl (C=O) groups excluding carboxylic acids is 1. The van der Waals surface area contributed by atoms with E-state index < -0.39 is 0 Å². The lowest BCUT2D eigenvalue weighted by Crippen LogP contribution is -2.12. The number of halogens is 2. The van der Waals surface area contributed by atoms with E-state index in [1.54, 1.807) is 30.0 Å². The molecule has 0 atom stereocenters. The third-order valence-electron chi connectivity index (χ3n) is 2.14. The molecule has 0 bridgehead atoms. The molecule has 2 rings (SSSR count). The number of hydrogen-bond acceptors (Lipinski definition) is 5. The van der Waals surface area contributed by atoms with Crippen LogP contribution in [0.1, 0.15) is 24.2 Å². The maximum absolute atomic E-state index is 12.1. The minimum absolute atomic E-state index is 0.298. The second-order valence-corrected chi connectivity index (χ2v) is 8.24. The molecule has 2 aromatic rings. The summed E-state index contributed by atoms with van der Waals surface area (Å²) in [4.78, 5) is 12.1. The van der Waals surface area contributed by atoms with Gasteiger partial charge in [0.2, 0.25) is 5.13 Å². The van der Waals surface area contributed by atoms with E-state index in [0.717, 1.165) is 8.81 Å². The predicted molar refractivity (Wildman–Crippen MR) is 88.0 cm³/mol. The van der Waals surface area contributed by atoms with Crippen molar-refractivity contribution < 1.29 is 4.79 Å². The minimum atomic E-state index is -0.298. The lowest BCUT2D eigenvalue weighted by Gasteiger charge is -2.04. The van der Waals surface area contributed by atoms with Gasteiger partial charge in [-0.3, -0.25) is 10.1 Å². The average Bonchev–Trinajstić information content (AvgIpc) is 2.78. The second-order valence-electron chi connectivity index (χ2n) is 4.12. The number of anilines is 1. The Morgan fingerprint density at radius 2 is 2.20 bits per heavy atom. The Morgan fingerprint density at radius 3 is 2.90 bits per heavy atom.